The first kappa shape index (κ1) is 11.4. The lowest BCUT2D eigenvalue weighted by Gasteiger charge is -2.17. The second-order valence-corrected chi connectivity index (χ2v) is 4.15. The van der Waals surface area contributed by atoms with Crippen molar-refractivity contribution in [2.45, 2.75) is 25.0 Å². The molecule has 2 rings (SSSR count). The van der Waals surface area contributed by atoms with Gasteiger partial charge in [0.05, 0.1) is 12.2 Å². The van der Waals surface area contributed by atoms with Crippen LogP contribution in [0, 0.1) is 0 Å². The fourth-order valence-electron chi connectivity index (χ4n) is 1.91. The first-order chi connectivity index (χ1) is 7.75. The minimum Gasteiger partial charge on any atom is -0.391 e. The van der Waals surface area contributed by atoms with Crippen LogP contribution >= 0.6 is 0 Å². The molecule has 1 N–H and O–H groups in total. The molecule has 0 spiro atoms. The van der Waals surface area contributed by atoms with E-state index in [-0.39, 0.29) is 24.7 Å². The van der Waals surface area contributed by atoms with Gasteiger partial charge >= 0.3 is 0 Å². The van der Waals surface area contributed by atoms with E-state index < -0.39 is 0 Å². The fraction of sp³-hybridized carbons (Fsp3) is 0.583. The van der Waals surface area contributed by atoms with Crippen LogP contribution in [0.15, 0.2) is 24.3 Å². The topological polar surface area (TPSA) is 49.8 Å². The third kappa shape index (κ3) is 2.93. The SMILES string of the molecule is O=C(COC1C=CCC=C1)N1CCC(O)C1. The van der Waals surface area contributed by atoms with Crippen LogP contribution in [0.4, 0.5) is 0 Å². The monoisotopic (exact) mass is 223 g/mol. The Hall–Kier alpha value is -1.13. The van der Waals surface area contributed by atoms with Crippen molar-refractivity contribution in [1.29, 1.82) is 0 Å². The van der Waals surface area contributed by atoms with Gasteiger partial charge in [0.25, 0.3) is 0 Å². The number of nitrogens with zero attached hydrogens (tertiary/aromatic N) is 1. The van der Waals surface area contributed by atoms with E-state index in [1.807, 2.05) is 24.3 Å². The number of ether oxygens (including phenoxy) is 1. The lowest BCUT2D eigenvalue weighted by atomic mass is 10.2. The minimum atomic E-state index is -0.363. The predicted octanol–water partition coefficient (Wildman–Crippen LogP) is 0.481. The standard InChI is InChI=1S/C12H17NO3/c14-10-6-7-13(8-10)12(15)9-16-11-4-2-1-3-5-11/h2-5,10-11,14H,1,6-9H2. The van der Waals surface area contributed by atoms with Crippen molar-refractivity contribution in [3.05, 3.63) is 24.3 Å². The summed E-state index contributed by atoms with van der Waals surface area (Å²) in [5.41, 5.74) is 0. The number of allylic oxidation sites excluding steroid dienone is 2. The third-order valence-corrected chi connectivity index (χ3v) is 2.84. The summed E-state index contributed by atoms with van der Waals surface area (Å²) in [5.74, 6) is -0.0380. The van der Waals surface area contributed by atoms with Gasteiger partial charge in [-0.2, -0.15) is 0 Å². The quantitative estimate of drug-likeness (QED) is 0.708. The van der Waals surface area contributed by atoms with Crippen molar-refractivity contribution >= 4 is 5.91 Å². The Bertz CT molecular complexity index is 299. The van der Waals surface area contributed by atoms with Crippen molar-refractivity contribution < 1.29 is 14.6 Å². The number of carbonyl (C=O) groups excluding carboxylic acids is 1. The molecule has 0 bridgehead atoms. The molecule has 1 heterocycles. The normalized spacial score (nSPS) is 25.3. The summed E-state index contributed by atoms with van der Waals surface area (Å²) in [5, 5.41) is 9.31. The fourth-order valence-corrected chi connectivity index (χ4v) is 1.91. The van der Waals surface area contributed by atoms with Gasteiger partial charge < -0.3 is 14.7 Å². The molecule has 1 fully saturated rings. The van der Waals surface area contributed by atoms with E-state index in [2.05, 4.69) is 0 Å². The highest BCUT2D eigenvalue weighted by atomic mass is 16.5. The number of amides is 1. The van der Waals surface area contributed by atoms with Crippen LogP contribution in [0.5, 0.6) is 0 Å². The molecule has 0 aromatic carbocycles. The van der Waals surface area contributed by atoms with E-state index in [0.29, 0.717) is 19.5 Å². The average molecular weight is 223 g/mol. The maximum Gasteiger partial charge on any atom is 0.248 e. The molecular weight excluding hydrogens is 206 g/mol. The number of aliphatic hydroxyl groups excluding tert-OH is 1. The van der Waals surface area contributed by atoms with E-state index in [1.54, 1.807) is 4.90 Å². The number of likely N-dealkylation sites (tertiary alicyclic amines) is 1. The van der Waals surface area contributed by atoms with Crippen LogP contribution in [0.3, 0.4) is 0 Å². The highest BCUT2D eigenvalue weighted by Gasteiger charge is 2.24. The van der Waals surface area contributed by atoms with Gasteiger partial charge in [-0.15, -0.1) is 0 Å². The lowest BCUT2D eigenvalue weighted by Crippen LogP contribution is -2.33. The van der Waals surface area contributed by atoms with Gasteiger partial charge in [-0.1, -0.05) is 24.3 Å². The largest absolute Gasteiger partial charge is 0.391 e. The molecule has 0 saturated carbocycles. The molecule has 0 radical (unpaired) electrons. The Labute approximate surface area is 95.2 Å². The Morgan fingerprint density at radius 2 is 2.19 bits per heavy atom. The van der Waals surface area contributed by atoms with Crippen LogP contribution in [0.25, 0.3) is 0 Å². The summed E-state index contributed by atoms with van der Waals surface area (Å²) < 4.78 is 5.45. The Kier molecular flexibility index (Phi) is 3.74. The number of hydrogen-bond donors (Lipinski definition) is 1. The summed E-state index contributed by atoms with van der Waals surface area (Å²) in [4.78, 5) is 13.3. The molecule has 4 nitrogen and oxygen atoms in total. The van der Waals surface area contributed by atoms with Gasteiger partial charge in [0.1, 0.15) is 6.61 Å². The summed E-state index contributed by atoms with van der Waals surface area (Å²) >= 11 is 0. The smallest absolute Gasteiger partial charge is 0.248 e. The zero-order chi connectivity index (χ0) is 11.4. The third-order valence-electron chi connectivity index (χ3n) is 2.84. The maximum atomic E-state index is 11.7. The molecule has 4 heteroatoms. The molecule has 1 saturated heterocycles. The second-order valence-electron chi connectivity index (χ2n) is 4.15. The van der Waals surface area contributed by atoms with Gasteiger partial charge in [-0.25, -0.2) is 0 Å². The number of aliphatic hydroxyl groups is 1. The number of β-amino-alcohol motifs (C(OH)–C–C–N with tert-alkyl or cyclic N) is 1. The molecule has 88 valence electrons. The van der Waals surface area contributed by atoms with E-state index in [9.17, 15) is 9.90 Å². The van der Waals surface area contributed by atoms with Crippen LogP contribution < -0.4 is 0 Å². The maximum absolute atomic E-state index is 11.7. The van der Waals surface area contributed by atoms with Gasteiger partial charge in [-0.3, -0.25) is 4.79 Å². The molecule has 0 aromatic rings. The van der Waals surface area contributed by atoms with E-state index in [1.165, 1.54) is 0 Å². The molecule has 1 aliphatic heterocycles. The van der Waals surface area contributed by atoms with Gasteiger partial charge in [0.2, 0.25) is 5.91 Å². The lowest BCUT2D eigenvalue weighted by molar-refractivity contribution is -0.135. The van der Waals surface area contributed by atoms with Crippen molar-refractivity contribution in [1.82, 2.24) is 4.90 Å². The van der Waals surface area contributed by atoms with Crippen LogP contribution in [0.1, 0.15) is 12.8 Å². The molecule has 1 amide bonds. The number of carbonyl (C=O) groups is 1. The van der Waals surface area contributed by atoms with E-state index in [0.717, 1.165) is 6.42 Å². The summed E-state index contributed by atoms with van der Waals surface area (Å²) in [6, 6.07) is 0. The molecule has 16 heavy (non-hydrogen) atoms. The van der Waals surface area contributed by atoms with Crippen LogP contribution in [0.2, 0.25) is 0 Å². The molecule has 1 atom stereocenters. The Balaban J connectivity index is 1.73. The minimum absolute atomic E-state index is 0.0380. The van der Waals surface area contributed by atoms with Crippen LogP contribution in [-0.4, -0.2) is 47.8 Å². The first-order valence-corrected chi connectivity index (χ1v) is 5.66. The highest BCUT2D eigenvalue weighted by Crippen LogP contribution is 2.10. The molecule has 1 aliphatic carbocycles. The summed E-state index contributed by atoms with van der Waals surface area (Å²) in [7, 11) is 0. The zero-order valence-electron chi connectivity index (χ0n) is 9.21. The molecule has 0 aromatic heterocycles. The molecular formula is C12H17NO3. The summed E-state index contributed by atoms with van der Waals surface area (Å²) in [6.07, 6.45) is 9.12. The van der Waals surface area contributed by atoms with E-state index >= 15 is 0 Å². The van der Waals surface area contributed by atoms with E-state index in [4.69, 9.17) is 4.74 Å². The van der Waals surface area contributed by atoms with Crippen molar-refractivity contribution in [2.24, 2.45) is 0 Å². The zero-order valence-corrected chi connectivity index (χ0v) is 9.21. The summed E-state index contributed by atoms with van der Waals surface area (Å²) in [6.45, 7) is 1.17. The highest BCUT2D eigenvalue weighted by molar-refractivity contribution is 5.77. The molecule has 2 aliphatic rings. The predicted molar refractivity (Wildman–Crippen MR) is 59.8 cm³/mol. The van der Waals surface area contributed by atoms with Gasteiger partial charge in [0.15, 0.2) is 0 Å². The van der Waals surface area contributed by atoms with Crippen molar-refractivity contribution in [3.63, 3.8) is 0 Å². The first-order valence-electron chi connectivity index (χ1n) is 5.66. The Morgan fingerprint density at radius 3 is 2.81 bits per heavy atom. The van der Waals surface area contributed by atoms with Crippen molar-refractivity contribution in [3.8, 4) is 0 Å². The van der Waals surface area contributed by atoms with Crippen molar-refractivity contribution in [2.75, 3.05) is 19.7 Å². The van der Waals surface area contributed by atoms with Crippen LogP contribution in [-0.2, 0) is 9.53 Å². The average Bonchev–Trinajstić information content (AvgIpc) is 2.74. The van der Waals surface area contributed by atoms with Gasteiger partial charge in [0, 0.05) is 13.1 Å². The molecule has 1 unspecified atom stereocenters. The second kappa shape index (κ2) is 5.27. The number of rotatable bonds is 3. The number of hydrogen-bond acceptors (Lipinski definition) is 3. The Morgan fingerprint density at radius 1 is 1.44 bits per heavy atom. The van der Waals surface area contributed by atoms with Gasteiger partial charge in [-0.05, 0) is 12.8 Å².